The summed E-state index contributed by atoms with van der Waals surface area (Å²) in [6, 6.07) is 0.445. The van der Waals surface area contributed by atoms with E-state index in [1.807, 2.05) is 0 Å². The molecule has 1 aliphatic heterocycles. The van der Waals surface area contributed by atoms with Crippen molar-refractivity contribution in [3.63, 3.8) is 0 Å². The highest BCUT2D eigenvalue weighted by Gasteiger charge is 2.30. The molecule has 0 saturated carbocycles. The zero-order valence-electron chi connectivity index (χ0n) is 10.7. The van der Waals surface area contributed by atoms with Crippen LogP contribution >= 0.6 is 0 Å². The number of nitrogens with one attached hydrogen (secondary N) is 1. The van der Waals surface area contributed by atoms with E-state index in [1.54, 1.807) is 7.05 Å². The molecule has 1 fully saturated rings. The fourth-order valence-corrected chi connectivity index (χ4v) is 2.77. The van der Waals surface area contributed by atoms with Crippen LogP contribution < -0.4 is 11.1 Å². The molecule has 1 rings (SSSR count). The minimum Gasteiger partial charge on any atom is -0.359 e. The molecule has 1 heterocycles. The smallest absolute Gasteiger partial charge is 0.221 e. The fourth-order valence-electron chi connectivity index (χ4n) is 2.77. The Morgan fingerprint density at radius 2 is 2.19 bits per heavy atom. The van der Waals surface area contributed by atoms with Gasteiger partial charge in [-0.25, -0.2) is 0 Å². The molecular weight excluding hydrogens is 202 g/mol. The maximum Gasteiger partial charge on any atom is 0.221 e. The summed E-state index contributed by atoms with van der Waals surface area (Å²) in [4.78, 5) is 13.6. The predicted molar refractivity (Wildman–Crippen MR) is 66.0 cm³/mol. The second-order valence-corrected chi connectivity index (χ2v) is 5.04. The first-order valence-electron chi connectivity index (χ1n) is 6.23. The van der Waals surface area contributed by atoms with Crippen LogP contribution in [0.25, 0.3) is 0 Å². The van der Waals surface area contributed by atoms with E-state index in [2.05, 4.69) is 24.1 Å². The highest BCUT2D eigenvalue weighted by atomic mass is 16.1. The van der Waals surface area contributed by atoms with E-state index in [9.17, 15) is 4.79 Å². The minimum absolute atomic E-state index is 0.113. The van der Waals surface area contributed by atoms with Crippen molar-refractivity contribution in [1.29, 1.82) is 0 Å². The lowest BCUT2D eigenvalue weighted by Gasteiger charge is -2.42. The third-order valence-corrected chi connectivity index (χ3v) is 3.59. The highest BCUT2D eigenvalue weighted by molar-refractivity contribution is 5.75. The van der Waals surface area contributed by atoms with Crippen molar-refractivity contribution in [2.45, 2.75) is 32.7 Å². The van der Waals surface area contributed by atoms with E-state index < -0.39 is 0 Å². The number of rotatable bonds is 4. The van der Waals surface area contributed by atoms with E-state index in [0.717, 1.165) is 13.1 Å². The van der Waals surface area contributed by atoms with E-state index >= 15 is 0 Å². The van der Waals surface area contributed by atoms with Crippen molar-refractivity contribution >= 4 is 5.91 Å². The molecule has 1 aliphatic rings. The Kier molecular flexibility index (Phi) is 5.22. The molecule has 0 radical (unpaired) electrons. The summed E-state index contributed by atoms with van der Waals surface area (Å²) in [7, 11) is 1.68. The van der Waals surface area contributed by atoms with Gasteiger partial charge in [-0.3, -0.25) is 9.69 Å². The van der Waals surface area contributed by atoms with Gasteiger partial charge in [-0.2, -0.15) is 0 Å². The van der Waals surface area contributed by atoms with Gasteiger partial charge in [0, 0.05) is 39.1 Å². The van der Waals surface area contributed by atoms with Gasteiger partial charge in [-0.05, 0) is 18.3 Å². The summed E-state index contributed by atoms with van der Waals surface area (Å²) in [5, 5.41) is 2.66. The zero-order valence-corrected chi connectivity index (χ0v) is 10.7. The van der Waals surface area contributed by atoms with Crippen LogP contribution in [-0.2, 0) is 4.79 Å². The molecule has 3 unspecified atom stereocenters. The average molecular weight is 227 g/mol. The number of amides is 1. The Bertz CT molecular complexity index is 232. The van der Waals surface area contributed by atoms with Crippen LogP contribution in [0.5, 0.6) is 0 Å². The van der Waals surface area contributed by atoms with Crippen molar-refractivity contribution < 1.29 is 4.79 Å². The van der Waals surface area contributed by atoms with Crippen LogP contribution in [0.1, 0.15) is 26.7 Å². The first-order chi connectivity index (χ1) is 7.58. The largest absolute Gasteiger partial charge is 0.359 e. The van der Waals surface area contributed by atoms with Gasteiger partial charge < -0.3 is 11.1 Å². The summed E-state index contributed by atoms with van der Waals surface area (Å²) in [5.74, 6) is 1.46. The van der Waals surface area contributed by atoms with Crippen LogP contribution in [0.15, 0.2) is 0 Å². The Balaban J connectivity index is 2.50. The molecule has 0 aromatic heterocycles. The van der Waals surface area contributed by atoms with Crippen LogP contribution in [-0.4, -0.2) is 43.5 Å². The normalized spacial score (nSPS) is 31.4. The zero-order chi connectivity index (χ0) is 12.1. The molecule has 16 heavy (non-hydrogen) atoms. The SMILES string of the molecule is CNC(=O)CCN1CC(C)CC(C)C1CN. The first-order valence-corrected chi connectivity index (χ1v) is 6.23. The second-order valence-electron chi connectivity index (χ2n) is 5.04. The lowest BCUT2D eigenvalue weighted by molar-refractivity contribution is -0.121. The van der Waals surface area contributed by atoms with Crippen LogP contribution in [0.2, 0.25) is 0 Å². The molecule has 4 heteroatoms. The summed E-state index contributed by atoms with van der Waals surface area (Å²) in [6.07, 6.45) is 1.82. The molecule has 1 amide bonds. The minimum atomic E-state index is 0.113. The van der Waals surface area contributed by atoms with Gasteiger partial charge in [0.05, 0.1) is 0 Å². The number of hydrogen-bond acceptors (Lipinski definition) is 3. The molecule has 0 spiro atoms. The second kappa shape index (κ2) is 6.21. The van der Waals surface area contributed by atoms with Crippen molar-refractivity contribution in [1.82, 2.24) is 10.2 Å². The Morgan fingerprint density at radius 1 is 1.50 bits per heavy atom. The molecule has 0 aliphatic carbocycles. The van der Waals surface area contributed by atoms with Crippen LogP contribution in [0.4, 0.5) is 0 Å². The van der Waals surface area contributed by atoms with Gasteiger partial charge in [-0.1, -0.05) is 13.8 Å². The van der Waals surface area contributed by atoms with Crippen LogP contribution in [0.3, 0.4) is 0 Å². The van der Waals surface area contributed by atoms with Crippen molar-refractivity contribution in [2.24, 2.45) is 17.6 Å². The molecule has 4 nitrogen and oxygen atoms in total. The standard InChI is InChI=1S/C12H25N3O/c1-9-6-10(2)11(7-13)15(8-9)5-4-12(16)14-3/h9-11H,4-8,13H2,1-3H3,(H,14,16). The maximum atomic E-state index is 11.2. The highest BCUT2D eigenvalue weighted by Crippen LogP contribution is 2.26. The molecule has 0 aromatic rings. The number of carbonyl (C=O) groups excluding carboxylic acids is 1. The van der Waals surface area contributed by atoms with Gasteiger partial charge >= 0.3 is 0 Å². The molecular formula is C12H25N3O. The van der Waals surface area contributed by atoms with Crippen molar-refractivity contribution in [3.8, 4) is 0 Å². The quantitative estimate of drug-likeness (QED) is 0.732. The Morgan fingerprint density at radius 3 is 2.75 bits per heavy atom. The molecule has 0 aromatic carbocycles. The summed E-state index contributed by atoms with van der Waals surface area (Å²) in [5.41, 5.74) is 5.83. The third-order valence-electron chi connectivity index (χ3n) is 3.59. The predicted octanol–water partition coefficient (Wildman–Crippen LogP) is 0.428. The number of nitrogens with two attached hydrogens (primary N) is 1. The van der Waals surface area contributed by atoms with E-state index in [1.165, 1.54) is 6.42 Å². The summed E-state index contributed by atoms with van der Waals surface area (Å²) >= 11 is 0. The number of likely N-dealkylation sites (tertiary alicyclic amines) is 1. The molecule has 94 valence electrons. The van der Waals surface area contributed by atoms with Gasteiger partial charge in [-0.15, -0.1) is 0 Å². The van der Waals surface area contributed by atoms with Gasteiger partial charge in [0.25, 0.3) is 0 Å². The van der Waals surface area contributed by atoms with Crippen LogP contribution in [0, 0.1) is 11.8 Å². The maximum absolute atomic E-state index is 11.2. The first kappa shape index (κ1) is 13.5. The third kappa shape index (κ3) is 3.46. The summed E-state index contributed by atoms with van der Waals surface area (Å²) in [6.45, 7) is 7.14. The van der Waals surface area contributed by atoms with Gasteiger partial charge in [0.2, 0.25) is 5.91 Å². The molecule has 3 atom stereocenters. The average Bonchev–Trinajstić information content (AvgIpc) is 2.25. The number of nitrogens with zero attached hydrogens (tertiary/aromatic N) is 1. The fraction of sp³-hybridized carbons (Fsp3) is 0.917. The number of carbonyl (C=O) groups is 1. The Hall–Kier alpha value is -0.610. The lowest BCUT2D eigenvalue weighted by atomic mass is 9.85. The lowest BCUT2D eigenvalue weighted by Crippen LogP contribution is -2.51. The van der Waals surface area contributed by atoms with Crippen molar-refractivity contribution in [2.75, 3.05) is 26.7 Å². The van der Waals surface area contributed by atoms with Crippen molar-refractivity contribution in [3.05, 3.63) is 0 Å². The van der Waals surface area contributed by atoms with Gasteiger partial charge in [0.1, 0.15) is 0 Å². The molecule has 0 bridgehead atoms. The summed E-state index contributed by atoms with van der Waals surface area (Å²) < 4.78 is 0. The number of piperidine rings is 1. The van der Waals surface area contributed by atoms with E-state index in [4.69, 9.17) is 5.73 Å². The van der Waals surface area contributed by atoms with E-state index in [-0.39, 0.29) is 5.91 Å². The monoisotopic (exact) mass is 227 g/mol. The molecule has 3 N–H and O–H groups in total. The number of hydrogen-bond donors (Lipinski definition) is 2. The Labute approximate surface area is 98.6 Å². The van der Waals surface area contributed by atoms with Gasteiger partial charge in [0.15, 0.2) is 0 Å². The topological polar surface area (TPSA) is 58.4 Å². The van der Waals surface area contributed by atoms with E-state index in [0.29, 0.717) is 30.8 Å². The molecule has 1 saturated heterocycles.